The number of anilines is 3. The second-order valence-electron chi connectivity index (χ2n) is 5.08. The number of oxime groups is 1. The number of hydrogen-bond donors (Lipinski definition) is 4. The average Bonchev–Trinajstić information content (AvgIpc) is 2.61. The number of nitrogens with zero attached hydrogens (tertiary/aromatic N) is 3. The van der Waals surface area contributed by atoms with E-state index < -0.39 is 17.6 Å². The van der Waals surface area contributed by atoms with Gasteiger partial charge in [-0.05, 0) is 24.5 Å². The number of hydrogen-bond acceptors (Lipinski definition) is 8. The summed E-state index contributed by atoms with van der Waals surface area (Å²) in [5, 5.41) is 17.2. The molecule has 144 valence electrons. The number of amides is 1. The lowest BCUT2D eigenvalue weighted by molar-refractivity contribution is -0.137. The largest absolute Gasteiger partial charge is 0.416 e. The third-order valence-corrected chi connectivity index (χ3v) is 3.90. The smallest absolute Gasteiger partial charge is 0.411 e. The highest BCUT2D eigenvalue weighted by Crippen LogP contribution is 2.30. The van der Waals surface area contributed by atoms with Crippen LogP contribution >= 0.6 is 11.8 Å². The Labute approximate surface area is 156 Å². The van der Waals surface area contributed by atoms with Crippen LogP contribution in [0.2, 0.25) is 0 Å². The van der Waals surface area contributed by atoms with Gasteiger partial charge in [0, 0.05) is 5.69 Å². The molecule has 0 aliphatic rings. The first kappa shape index (κ1) is 20.3. The van der Waals surface area contributed by atoms with Crippen LogP contribution in [0.3, 0.4) is 0 Å². The van der Waals surface area contributed by atoms with Crippen molar-refractivity contribution in [3.8, 4) is 0 Å². The van der Waals surface area contributed by atoms with Gasteiger partial charge in [0.2, 0.25) is 11.9 Å². The molecule has 0 radical (unpaired) electrons. The van der Waals surface area contributed by atoms with Crippen LogP contribution in [0.1, 0.15) is 11.1 Å². The lowest BCUT2D eigenvalue weighted by Crippen LogP contribution is -2.23. The SMILES string of the molecule is CSc1nc(N)nc(NCC(=O)Nc2cccc(C(F)(F)F)c2)c1/C=N\O. The number of alkyl halides is 3. The number of benzene rings is 1. The Bertz CT molecular complexity index is 860. The maximum atomic E-state index is 12.7. The van der Waals surface area contributed by atoms with Gasteiger partial charge in [-0.25, -0.2) is 4.98 Å². The predicted octanol–water partition coefficient (Wildman–Crippen LogP) is 2.66. The Morgan fingerprint density at radius 3 is 2.78 bits per heavy atom. The molecule has 1 amide bonds. The van der Waals surface area contributed by atoms with Crippen LogP contribution < -0.4 is 16.4 Å². The molecule has 0 fully saturated rings. The number of carbonyl (C=O) groups is 1. The first-order valence-electron chi connectivity index (χ1n) is 7.34. The van der Waals surface area contributed by atoms with Crippen LogP contribution in [0, 0.1) is 0 Å². The maximum absolute atomic E-state index is 12.7. The molecule has 0 aliphatic heterocycles. The molecule has 0 saturated heterocycles. The molecular weight excluding hydrogens is 385 g/mol. The van der Waals surface area contributed by atoms with Crippen LogP contribution in [0.15, 0.2) is 34.4 Å². The van der Waals surface area contributed by atoms with E-state index in [-0.39, 0.29) is 24.0 Å². The Kier molecular flexibility index (Phi) is 6.45. The summed E-state index contributed by atoms with van der Waals surface area (Å²) in [6, 6.07) is 4.27. The predicted molar refractivity (Wildman–Crippen MR) is 96.2 cm³/mol. The second-order valence-corrected chi connectivity index (χ2v) is 5.87. The third kappa shape index (κ3) is 5.48. The molecule has 1 heterocycles. The number of halogens is 3. The van der Waals surface area contributed by atoms with E-state index >= 15 is 0 Å². The van der Waals surface area contributed by atoms with Gasteiger partial charge in [-0.3, -0.25) is 4.79 Å². The topological polar surface area (TPSA) is 126 Å². The zero-order valence-corrected chi connectivity index (χ0v) is 14.7. The van der Waals surface area contributed by atoms with E-state index in [0.717, 1.165) is 18.3 Å². The Morgan fingerprint density at radius 1 is 1.41 bits per heavy atom. The van der Waals surface area contributed by atoms with Gasteiger partial charge in [0.25, 0.3) is 0 Å². The van der Waals surface area contributed by atoms with E-state index in [1.807, 2.05) is 0 Å². The summed E-state index contributed by atoms with van der Waals surface area (Å²) in [4.78, 5) is 20.0. The van der Waals surface area contributed by atoms with Crippen molar-refractivity contribution >= 4 is 41.3 Å². The molecule has 1 aromatic carbocycles. The van der Waals surface area contributed by atoms with E-state index in [9.17, 15) is 18.0 Å². The fourth-order valence-corrected chi connectivity index (χ4v) is 2.63. The fourth-order valence-electron chi connectivity index (χ4n) is 2.07. The molecule has 0 spiro atoms. The van der Waals surface area contributed by atoms with E-state index in [4.69, 9.17) is 10.9 Å². The van der Waals surface area contributed by atoms with Crippen LogP contribution in [0.25, 0.3) is 0 Å². The Balaban J connectivity index is 2.11. The van der Waals surface area contributed by atoms with Crippen LogP contribution in [0.5, 0.6) is 0 Å². The maximum Gasteiger partial charge on any atom is 0.416 e. The zero-order chi connectivity index (χ0) is 20.0. The number of nitrogen functional groups attached to an aromatic ring is 1. The molecule has 0 bridgehead atoms. The molecule has 0 atom stereocenters. The molecule has 2 aromatic rings. The number of nitrogens with one attached hydrogen (secondary N) is 2. The molecule has 0 aliphatic carbocycles. The highest BCUT2D eigenvalue weighted by molar-refractivity contribution is 7.98. The van der Waals surface area contributed by atoms with Crippen molar-refractivity contribution in [3.05, 3.63) is 35.4 Å². The minimum Gasteiger partial charge on any atom is -0.411 e. The van der Waals surface area contributed by atoms with Gasteiger partial charge in [0.05, 0.1) is 23.9 Å². The minimum absolute atomic E-state index is 0.000716. The number of carbonyl (C=O) groups excluding carboxylic acids is 1. The van der Waals surface area contributed by atoms with Gasteiger partial charge in [-0.15, -0.1) is 11.8 Å². The van der Waals surface area contributed by atoms with E-state index in [1.54, 1.807) is 6.26 Å². The van der Waals surface area contributed by atoms with Gasteiger partial charge >= 0.3 is 6.18 Å². The summed E-state index contributed by atoms with van der Waals surface area (Å²) in [5.74, 6) is -0.525. The molecule has 0 saturated carbocycles. The van der Waals surface area contributed by atoms with Gasteiger partial charge < -0.3 is 21.6 Å². The second kappa shape index (κ2) is 8.58. The zero-order valence-electron chi connectivity index (χ0n) is 13.9. The monoisotopic (exact) mass is 400 g/mol. The van der Waals surface area contributed by atoms with Crippen LogP contribution in [-0.2, 0) is 11.0 Å². The normalized spacial score (nSPS) is 11.6. The standard InChI is InChI=1S/C15H15F3N6O2S/c1-27-13-10(6-21-26)12(23-14(19)24-13)20-7-11(25)22-9-4-2-3-8(5-9)15(16,17)18/h2-6,26H,7H2,1H3,(H,22,25)(H3,19,20,23,24)/b21-6-. The highest BCUT2D eigenvalue weighted by Gasteiger charge is 2.30. The number of nitrogens with two attached hydrogens (primary N) is 1. The van der Waals surface area contributed by atoms with Crippen molar-refractivity contribution in [1.29, 1.82) is 0 Å². The van der Waals surface area contributed by atoms with Crippen molar-refractivity contribution in [2.45, 2.75) is 11.2 Å². The summed E-state index contributed by atoms with van der Waals surface area (Å²) < 4.78 is 38.1. The van der Waals surface area contributed by atoms with Gasteiger partial charge in [-0.2, -0.15) is 18.2 Å². The van der Waals surface area contributed by atoms with Gasteiger partial charge in [0.15, 0.2) is 0 Å². The molecule has 12 heteroatoms. The Morgan fingerprint density at radius 2 is 2.15 bits per heavy atom. The molecule has 2 rings (SSSR count). The molecule has 0 unspecified atom stereocenters. The molecule has 27 heavy (non-hydrogen) atoms. The van der Waals surface area contributed by atoms with Crippen molar-refractivity contribution in [1.82, 2.24) is 9.97 Å². The molecular formula is C15H15F3N6O2S. The lowest BCUT2D eigenvalue weighted by Gasteiger charge is -2.12. The summed E-state index contributed by atoms with van der Waals surface area (Å²) >= 11 is 1.22. The molecule has 1 aromatic heterocycles. The van der Waals surface area contributed by atoms with E-state index in [1.165, 1.54) is 23.9 Å². The number of thioether (sulfide) groups is 1. The van der Waals surface area contributed by atoms with Crippen LogP contribution in [-0.4, -0.2) is 40.1 Å². The fraction of sp³-hybridized carbons (Fsp3) is 0.200. The average molecular weight is 400 g/mol. The summed E-state index contributed by atoms with van der Waals surface area (Å²) in [6.07, 6.45) is -1.71. The number of rotatable bonds is 6. The third-order valence-electron chi connectivity index (χ3n) is 3.20. The van der Waals surface area contributed by atoms with Crippen molar-refractivity contribution in [3.63, 3.8) is 0 Å². The Hall–Kier alpha value is -3.02. The van der Waals surface area contributed by atoms with Crippen LogP contribution in [0.4, 0.5) is 30.6 Å². The summed E-state index contributed by atoms with van der Waals surface area (Å²) in [6.45, 7) is -0.313. The molecule has 8 nitrogen and oxygen atoms in total. The first-order valence-corrected chi connectivity index (χ1v) is 8.57. The van der Waals surface area contributed by atoms with Crippen molar-refractivity contribution in [2.75, 3.05) is 29.2 Å². The van der Waals surface area contributed by atoms with E-state index in [2.05, 4.69) is 25.8 Å². The highest BCUT2D eigenvalue weighted by atomic mass is 32.2. The lowest BCUT2D eigenvalue weighted by atomic mass is 10.2. The van der Waals surface area contributed by atoms with E-state index in [0.29, 0.717) is 10.6 Å². The quantitative estimate of drug-likeness (QED) is 0.193. The minimum atomic E-state index is -4.51. The first-order chi connectivity index (χ1) is 12.7. The number of aromatic nitrogens is 2. The van der Waals surface area contributed by atoms with Gasteiger partial charge in [0.1, 0.15) is 10.8 Å². The summed E-state index contributed by atoms with van der Waals surface area (Å²) in [5.41, 5.74) is 5.04. The van der Waals surface area contributed by atoms with Gasteiger partial charge in [-0.1, -0.05) is 11.2 Å². The van der Waals surface area contributed by atoms with Crippen molar-refractivity contribution in [2.24, 2.45) is 5.16 Å². The summed E-state index contributed by atoms with van der Waals surface area (Å²) in [7, 11) is 0. The van der Waals surface area contributed by atoms with Crippen molar-refractivity contribution < 1.29 is 23.2 Å². The molecule has 5 N–H and O–H groups in total.